The SMILES string of the molecule is CC(CC(=N)c1cc(-c2cncc(CN3CCCC3)c2)ccc1N)=C1CNC=C(Cc2ccccc2)C1. The average Bonchev–Trinajstić information content (AvgIpc) is 3.43. The summed E-state index contributed by atoms with van der Waals surface area (Å²) in [5.74, 6) is 0. The van der Waals surface area contributed by atoms with Crippen LogP contribution in [0.3, 0.4) is 0 Å². The summed E-state index contributed by atoms with van der Waals surface area (Å²) in [5, 5.41) is 12.4. The van der Waals surface area contributed by atoms with Gasteiger partial charge < -0.3 is 16.5 Å². The first kappa shape index (κ1) is 25.0. The van der Waals surface area contributed by atoms with E-state index in [0.717, 1.165) is 42.6 Å². The van der Waals surface area contributed by atoms with Crippen molar-refractivity contribution < 1.29 is 0 Å². The van der Waals surface area contributed by atoms with Gasteiger partial charge in [-0.2, -0.15) is 0 Å². The van der Waals surface area contributed by atoms with Crippen LogP contribution in [0.1, 0.15) is 49.3 Å². The van der Waals surface area contributed by atoms with Crippen LogP contribution < -0.4 is 11.1 Å². The Morgan fingerprint density at radius 1 is 1.00 bits per heavy atom. The lowest BCUT2D eigenvalue weighted by Gasteiger charge is -2.21. The molecular formula is C32H37N5. The van der Waals surface area contributed by atoms with Crippen LogP contribution in [0.5, 0.6) is 0 Å². The Labute approximate surface area is 220 Å². The van der Waals surface area contributed by atoms with Crippen LogP contribution in [-0.4, -0.2) is 35.2 Å². The molecule has 5 heteroatoms. The van der Waals surface area contributed by atoms with Crippen molar-refractivity contribution in [1.82, 2.24) is 15.2 Å². The number of pyridine rings is 1. The Morgan fingerprint density at radius 2 is 1.81 bits per heavy atom. The number of hydrogen-bond donors (Lipinski definition) is 3. The Kier molecular flexibility index (Phi) is 7.81. The van der Waals surface area contributed by atoms with Gasteiger partial charge in [0.25, 0.3) is 0 Å². The van der Waals surface area contributed by atoms with Crippen molar-refractivity contribution in [2.24, 2.45) is 0 Å². The molecule has 3 heterocycles. The largest absolute Gasteiger partial charge is 0.398 e. The number of nitrogen functional groups attached to an aromatic ring is 1. The Hall–Kier alpha value is -3.70. The monoisotopic (exact) mass is 491 g/mol. The first-order valence-electron chi connectivity index (χ1n) is 13.3. The molecule has 0 unspecified atom stereocenters. The summed E-state index contributed by atoms with van der Waals surface area (Å²) < 4.78 is 0. The Bertz CT molecular complexity index is 1320. The summed E-state index contributed by atoms with van der Waals surface area (Å²) >= 11 is 0. The summed E-state index contributed by atoms with van der Waals surface area (Å²) in [6, 6.07) is 18.8. The van der Waals surface area contributed by atoms with E-state index < -0.39 is 0 Å². The van der Waals surface area contributed by atoms with Crippen LogP contribution in [0.4, 0.5) is 5.69 Å². The van der Waals surface area contributed by atoms with Gasteiger partial charge in [-0.15, -0.1) is 0 Å². The first-order valence-corrected chi connectivity index (χ1v) is 13.3. The highest BCUT2D eigenvalue weighted by atomic mass is 15.1. The maximum atomic E-state index is 8.93. The molecule has 190 valence electrons. The zero-order valence-electron chi connectivity index (χ0n) is 21.8. The van der Waals surface area contributed by atoms with Crippen molar-refractivity contribution in [2.45, 2.75) is 45.6 Å². The Morgan fingerprint density at radius 3 is 2.62 bits per heavy atom. The maximum absolute atomic E-state index is 8.93. The molecule has 0 saturated carbocycles. The van der Waals surface area contributed by atoms with Gasteiger partial charge in [0.2, 0.25) is 0 Å². The van der Waals surface area contributed by atoms with Crippen LogP contribution >= 0.6 is 0 Å². The molecule has 0 bridgehead atoms. The normalized spacial score (nSPS) is 17.3. The number of nitrogens with zero attached hydrogens (tertiary/aromatic N) is 2. The second-order valence-corrected chi connectivity index (χ2v) is 10.4. The number of nitrogens with two attached hydrogens (primary N) is 1. The minimum absolute atomic E-state index is 0.560. The lowest BCUT2D eigenvalue weighted by molar-refractivity contribution is 0.331. The Balaban J connectivity index is 1.29. The summed E-state index contributed by atoms with van der Waals surface area (Å²) in [6.07, 6.45) is 11.1. The predicted octanol–water partition coefficient (Wildman–Crippen LogP) is 6.12. The molecule has 5 nitrogen and oxygen atoms in total. The summed E-state index contributed by atoms with van der Waals surface area (Å²) in [6.45, 7) is 6.27. The van der Waals surface area contributed by atoms with Crippen molar-refractivity contribution in [2.75, 3.05) is 25.4 Å². The zero-order chi connectivity index (χ0) is 25.6. The maximum Gasteiger partial charge on any atom is 0.0447 e. The molecule has 0 amide bonds. The lowest BCUT2D eigenvalue weighted by Crippen LogP contribution is -2.19. The zero-order valence-corrected chi connectivity index (χ0v) is 21.8. The molecule has 3 aromatic rings. The molecule has 2 aliphatic rings. The van der Waals surface area contributed by atoms with Gasteiger partial charge in [-0.05, 0) is 97.9 Å². The number of anilines is 1. The number of aromatic nitrogens is 1. The molecule has 5 rings (SSSR count). The number of benzene rings is 2. The fourth-order valence-electron chi connectivity index (χ4n) is 5.39. The number of likely N-dealkylation sites (tertiary alicyclic amines) is 1. The number of rotatable bonds is 8. The predicted molar refractivity (Wildman–Crippen MR) is 154 cm³/mol. The number of allylic oxidation sites excluding steroid dienone is 2. The van der Waals surface area contributed by atoms with Gasteiger partial charge in [-0.3, -0.25) is 9.88 Å². The van der Waals surface area contributed by atoms with E-state index in [4.69, 9.17) is 11.1 Å². The van der Waals surface area contributed by atoms with Gasteiger partial charge in [0.15, 0.2) is 0 Å². The highest BCUT2D eigenvalue weighted by molar-refractivity contribution is 6.04. The van der Waals surface area contributed by atoms with Crippen molar-refractivity contribution in [3.05, 3.63) is 107 Å². The van der Waals surface area contributed by atoms with E-state index in [1.165, 1.54) is 53.8 Å². The molecule has 0 aliphatic carbocycles. The van der Waals surface area contributed by atoms with Crippen molar-refractivity contribution >= 4 is 11.4 Å². The van der Waals surface area contributed by atoms with Gasteiger partial charge >= 0.3 is 0 Å². The van der Waals surface area contributed by atoms with E-state index in [9.17, 15) is 0 Å². The summed E-state index contributed by atoms with van der Waals surface area (Å²) in [4.78, 5) is 7.00. The van der Waals surface area contributed by atoms with Gasteiger partial charge in [-0.1, -0.05) is 42.0 Å². The first-order chi connectivity index (χ1) is 18.0. The topological polar surface area (TPSA) is 78.0 Å². The van der Waals surface area contributed by atoms with E-state index >= 15 is 0 Å². The average molecular weight is 492 g/mol. The number of hydrogen-bond acceptors (Lipinski definition) is 5. The molecule has 37 heavy (non-hydrogen) atoms. The third-order valence-electron chi connectivity index (χ3n) is 7.49. The fraction of sp³-hybridized carbons (Fsp3) is 0.312. The van der Waals surface area contributed by atoms with E-state index in [1.54, 1.807) is 0 Å². The molecule has 0 spiro atoms. The summed E-state index contributed by atoms with van der Waals surface area (Å²) in [7, 11) is 0. The molecule has 1 fully saturated rings. The smallest absolute Gasteiger partial charge is 0.0447 e. The molecule has 2 aliphatic heterocycles. The third-order valence-corrected chi connectivity index (χ3v) is 7.49. The van der Waals surface area contributed by atoms with E-state index in [0.29, 0.717) is 17.8 Å². The van der Waals surface area contributed by atoms with Crippen LogP contribution in [0.2, 0.25) is 0 Å². The number of nitrogens with one attached hydrogen (secondary N) is 2. The van der Waals surface area contributed by atoms with Crippen LogP contribution in [0, 0.1) is 5.41 Å². The molecule has 2 aromatic carbocycles. The fourth-order valence-corrected chi connectivity index (χ4v) is 5.39. The van der Waals surface area contributed by atoms with Gasteiger partial charge in [0.05, 0.1) is 0 Å². The van der Waals surface area contributed by atoms with E-state index in [1.807, 2.05) is 24.5 Å². The minimum atomic E-state index is 0.560. The highest BCUT2D eigenvalue weighted by Gasteiger charge is 2.16. The quantitative estimate of drug-likeness (QED) is 0.201. The van der Waals surface area contributed by atoms with Gasteiger partial charge in [0.1, 0.15) is 0 Å². The van der Waals surface area contributed by atoms with Crippen molar-refractivity contribution in [3.63, 3.8) is 0 Å². The van der Waals surface area contributed by atoms with Gasteiger partial charge in [0, 0.05) is 54.4 Å². The summed E-state index contributed by atoms with van der Waals surface area (Å²) in [5.41, 5.74) is 17.1. The second-order valence-electron chi connectivity index (χ2n) is 10.4. The van der Waals surface area contributed by atoms with Crippen LogP contribution in [0.25, 0.3) is 11.1 Å². The van der Waals surface area contributed by atoms with Crippen LogP contribution in [0.15, 0.2) is 89.9 Å². The van der Waals surface area contributed by atoms with Gasteiger partial charge in [-0.25, -0.2) is 0 Å². The van der Waals surface area contributed by atoms with E-state index in [-0.39, 0.29) is 0 Å². The van der Waals surface area contributed by atoms with Crippen molar-refractivity contribution in [3.8, 4) is 11.1 Å². The van der Waals surface area contributed by atoms with E-state index in [2.05, 4.69) is 70.8 Å². The highest BCUT2D eigenvalue weighted by Crippen LogP contribution is 2.28. The molecular weight excluding hydrogens is 454 g/mol. The molecule has 0 atom stereocenters. The second kappa shape index (κ2) is 11.6. The third kappa shape index (κ3) is 6.36. The molecule has 4 N–H and O–H groups in total. The lowest BCUT2D eigenvalue weighted by atomic mass is 9.90. The standard InChI is InChI=1S/C32H37N5/c1-23(28-15-25(18-35-20-28)14-24-7-3-2-4-8-24)13-32(34)30-17-27(9-10-31(30)33)29-16-26(19-36-21-29)22-37-11-5-6-12-37/h2-4,7-10,16-19,21,34-35H,5-6,11-15,20,22,33H2,1H3. The minimum Gasteiger partial charge on any atom is -0.398 e. The molecule has 1 saturated heterocycles. The molecule has 1 aromatic heterocycles. The van der Waals surface area contributed by atoms with Crippen LogP contribution in [-0.2, 0) is 13.0 Å². The molecule has 0 radical (unpaired) electrons. The van der Waals surface area contributed by atoms with Crippen molar-refractivity contribution in [1.29, 1.82) is 5.41 Å².